The zero-order valence-electron chi connectivity index (χ0n) is 18.9. The number of benzene rings is 2. The smallest absolute Gasteiger partial charge is 0.339 e. The topological polar surface area (TPSA) is 96.0 Å². The molecule has 3 N–H and O–H groups in total. The summed E-state index contributed by atoms with van der Waals surface area (Å²) in [6, 6.07) is 13.3. The number of hydrogen-bond donors (Lipinski definition) is 3. The number of nitrogens with zero attached hydrogens (tertiary/aromatic N) is 2. The van der Waals surface area contributed by atoms with Crippen LogP contribution in [0.25, 0.3) is 0 Å². The Hall–Kier alpha value is -3.23. The van der Waals surface area contributed by atoms with E-state index in [1.807, 2.05) is 0 Å². The fourth-order valence-corrected chi connectivity index (χ4v) is 4.32. The van der Waals surface area contributed by atoms with Crippen LogP contribution in [0.5, 0.6) is 0 Å². The van der Waals surface area contributed by atoms with Crippen LogP contribution in [-0.2, 0) is 16.9 Å². The van der Waals surface area contributed by atoms with E-state index >= 15 is 0 Å². The molecule has 180 valence electrons. The Kier molecular flexibility index (Phi) is 7.74. The molecular formula is C23H25F3N5O2P. The molecule has 0 bridgehead atoms. The normalized spacial score (nSPS) is 11.8. The lowest BCUT2D eigenvalue weighted by Crippen LogP contribution is -2.20. The Morgan fingerprint density at radius 3 is 2.32 bits per heavy atom. The highest BCUT2D eigenvalue weighted by atomic mass is 31.2. The molecule has 3 rings (SSSR count). The predicted octanol–water partition coefficient (Wildman–Crippen LogP) is 5.51. The van der Waals surface area contributed by atoms with E-state index in [2.05, 4.69) is 25.9 Å². The van der Waals surface area contributed by atoms with Crippen molar-refractivity contribution in [2.75, 3.05) is 37.6 Å². The minimum absolute atomic E-state index is 0.0307. The molecule has 0 aliphatic heterocycles. The SMILES string of the molecule is CNCC(=O)c1ccccc1Nc1nc(Nc2ccc(CP(C)(C)=O)cc2)ncc1C(F)(F)F. The first-order valence-corrected chi connectivity index (χ1v) is 13.1. The number of carbonyl (C=O) groups is 1. The third-order valence-corrected chi connectivity index (χ3v) is 5.81. The molecule has 1 aromatic heterocycles. The van der Waals surface area contributed by atoms with Crippen molar-refractivity contribution >= 4 is 36.1 Å². The Morgan fingerprint density at radius 1 is 1.03 bits per heavy atom. The largest absolute Gasteiger partial charge is 0.421 e. The van der Waals surface area contributed by atoms with Crippen molar-refractivity contribution in [3.63, 3.8) is 0 Å². The monoisotopic (exact) mass is 491 g/mol. The van der Waals surface area contributed by atoms with Gasteiger partial charge in [-0.25, -0.2) is 4.98 Å². The number of Topliss-reactive ketones (excluding diaryl/α,β-unsaturated/α-hetero) is 1. The van der Waals surface area contributed by atoms with E-state index in [0.717, 1.165) is 5.56 Å². The molecular weight excluding hydrogens is 466 g/mol. The number of aromatic nitrogens is 2. The quantitative estimate of drug-likeness (QED) is 0.268. The first-order valence-electron chi connectivity index (χ1n) is 10.3. The number of alkyl halides is 3. The van der Waals surface area contributed by atoms with Crippen LogP contribution in [0.3, 0.4) is 0 Å². The molecule has 0 radical (unpaired) electrons. The molecule has 0 fully saturated rings. The van der Waals surface area contributed by atoms with Crippen LogP contribution in [0.4, 0.5) is 36.3 Å². The number of nitrogens with one attached hydrogen (secondary N) is 3. The maximum Gasteiger partial charge on any atom is 0.421 e. The minimum Gasteiger partial charge on any atom is -0.339 e. The van der Waals surface area contributed by atoms with E-state index in [1.165, 1.54) is 12.1 Å². The van der Waals surface area contributed by atoms with Gasteiger partial charge in [0.05, 0.1) is 19.4 Å². The standard InChI is InChI=1S/C23H25F3N5O2P/c1-27-13-20(32)17-6-4-5-7-19(17)30-21-18(23(24,25)26)12-28-22(31-21)29-16-10-8-15(9-11-16)14-34(2,3)33/h4-12,27H,13-14H2,1-3H3,(H2,28,29,30,31). The number of carbonyl (C=O) groups excluding carboxylic acids is 1. The van der Waals surface area contributed by atoms with E-state index in [-0.39, 0.29) is 29.5 Å². The Bertz CT molecular complexity index is 1210. The third-order valence-electron chi connectivity index (χ3n) is 4.69. The maximum atomic E-state index is 13.6. The lowest BCUT2D eigenvalue weighted by atomic mass is 10.1. The number of hydrogen-bond acceptors (Lipinski definition) is 7. The van der Waals surface area contributed by atoms with Gasteiger partial charge in [-0.1, -0.05) is 24.3 Å². The van der Waals surface area contributed by atoms with Crippen LogP contribution in [0, 0.1) is 0 Å². The molecule has 34 heavy (non-hydrogen) atoms. The van der Waals surface area contributed by atoms with Crippen LogP contribution < -0.4 is 16.0 Å². The van der Waals surface area contributed by atoms with Gasteiger partial charge < -0.3 is 20.5 Å². The summed E-state index contributed by atoms with van der Waals surface area (Å²) in [6.07, 6.45) is -3.57. The van der Waals surface area contributed by atoms with Crippen molar-refractivity contribution in [3.05, 3.63) is 71.4 Å². The second-order valence-corrected chi connectivity index (χ2v) is 11.6. The highest BCUT2D eigenvalue weighted by Gasteiger charge is 2.35. The van der Waals surface area contributed by atoms with Gasteiger partial charge in [-0.3, -0.25) is 4.79 Å². The number of anilines is 4. The number of para-hydroxylation sites is 1. The molecule has 0 saturated carbocycles. The zero-order chi connectivity index (χ0) is 24.9. The summed E-state index contributed by atoms with van der Waals surface area (Å²) in [5, 5.41) is 8.27. The summed E-state index contributed by atoms with van der Waals surface area (Å²) in [4.78, 5) is 20.2. The number of likely N-dealkylation sites (N-methyl/N-ethyl adjacent to an activating group) is 1. The molecule has 2 aromatic carbocycles. The van der Waals surface area contributed by atoms with Crippen molar-refractivity contribution in [2.24, 2.45) is 0 Å². The van der Waals surface area contributed by atoms with E-state index in [4.69, 9.17) is 0 Å². The van der Waals surface area contributed by atoms with Gasteiger partial charge in [-0.05, 0) is 50.2 Å². The van der Waals surface area contributed by atoms with Crippen LogP contribution in [-0.4, -0.2) is 42.7 Å². The van der Waals surface area contributed by atoms with Gasteiger partial charge in [0.1, 0.15) is 11.4 Å². The summed E-state index contributed by atoms with van der Waals surface area (Å²) in [5.41, 5.74) is 0.813. The average molecular weight is 491 g/mol. The number of rotatable bonds is 9. The minimum atomic E-state index is -4.71. The second-order valence-electron chi connectivity index (χ2n) is 8.13. The second kappa shape index (κ2) is 10.4. The molecule has 0 amide bonds. The van der Waals surface area contributed by atoms with Gasteiger partial charge in [-0.2, -0.15) is 18.2 Å². The lowest BCUT2D eigenvalue weighted by molar-refractivity contribution is -0.137. The molecule has 0 aliphatic carbocycles. The van der Waals surface area contributed by atoms with E-state index in [0.29, 0.717) is 18.0 Å². The molecule has 11 heteroatoms. The van der Waals surface area contributed by atoms with Crippen molar-refractivity contribution in [1.82, 2.24) is 15.3 Å². The summed E-state index contributed by atoms with van der Waals surface area (Å²) < 4.78 is 52.9. The van der Waals surface area contributed by atoms with Crippen LogP contribution >= 0.6 is 7.14 Å². The van der Waals surface area contributed by atoms with E-state index in [1.54, 1.807) is 56.8 Å². The lowest BCUT2D eigenvalue weighted by Gasteiger charge is -2.16. The van der Waals surface area contributed by atoms with E-state index in [9.17, 15) is 22.5 Å². The fourth-order valence-electron chi connectivity index (χ4n) is 3.23. The predicted molar refractivity (Wildman–Crippen MR) is 128 cm³/mol. The Morgan fingerprint density at radius 2 is 1.71 bits per heavy atom. The Balaban J connectivity index is 1.91. The summed E-state index contributed by atoms with van der Waals surface area (Å²) >= 11 is 0. The first kappa shape index (κ1) is 25.4. The molecule has 0 spiro atoms. The van der Waals surface area contributed by atoms with Gasteiger partial charge in [0, 0.05) is 23.6 Å². The van der Waals surface area contributed by atoms with Crippen LogP contribution in [0.2, 0.25) is 0 Å². The molecule has 1 heterocycles. The third kappa shape index (κ3) is 6.88. The van der Waals surface area contributed by atoms with Crippen molar-refractivity contribution < 1.29 is 22.5 Å². The zero-order valence-corrected chi connectivity index (χ0v) is 19.8. The first-order chi connectivity index (χ1) is 16.0. The van der Waals surface area contributed by atoms with Crippen molar-refractivity contribution in [3.8, 4) is 0 Å². The molecule has 0 unspecified atom stereocenters. The van der Waals surface area contributed by atoms with Crippen molar-refractivity contribution in [1.29, 1.82) is 0 Å². The number of halogens is 3. The van der Waals surface area contributed by atoms with Gasteiger partial charge >= 0.3 is 6.18 Å². The van der Waals surface area contributed by atoms with Gasteiger partial charge in [0.25, 0.3) is 0 Å². The summed E-state index contributed by atoms with van der Waals surface area (Å²) in [5.74, 6) is -0.821. The highest BCUT2D eigenvalue weighted by Crippen LogP contribution is 2.40. The van der Waals surface area contributed by atoms with Crippen LogP contribution in [0.15, 0.2) is 54.7 Å². The fraction of sp³-hybridized carbons (Fsp3) is 0.261. The van der Waals surface area contributed by atoms with Gasteiger partial charge in [-0.15, -0.1) is 0 Å². The van der Waals surface area contributed by atoms with Crippen molar-refractivity contribution in [2.45, 2.75) is 12.3 Å². The van der Waals surface area contributed by atoms with E-state index < -0.39 is 24.7 Å². The molecule has 0 aliphatic rings. The summed E-state index contributed by atoms with van der Waals surface area (Å²) in [7, 11) is -0.630. The maximum absolute atomic E-state index is 13.6. The molecule has 0 atom stereocenters. The molecule has 0 saturated heterocycles. The van der Waals surface area contributed by atoms with Crippen LogP contribution in [0.1, 0.15) is 21.5 Å². The summed E-state index contributed by atoms with van der Waals surface area (Å²) in [6.45, 7) is 3.44. The Labute approximate surface area is 195 Å². The highest BCUT2D eigenvalue weighted by molar-refractivity contribution is 7.61. The number of ketones is 1. The average Bonchev–Trinajstić information content (AvgIpc) is 2.74. The van der Waals surface area contributed by atoms with Gasteiger partial charge in [0.15, 0.2) is 5.78 Å². The molecule has 7 nitrogen and oxygen atoms in total. The molecule has 3 aromatic rings. The van der Waals surface area contributed by atoms with Gasteiger partial charge in [0.2, 0.25) is 5.95 Å².